The summed E-state index contributed by atoms with van der Waals surface area (Å²) in [5, 5.41) is 11.0. The van der Waals surface area contributed by atoms with Crippen molar-refractivity contribution < 1.29 is 14.6 Å². The molecule has 0 saturated carbocycles. The molecule has 1 aliphatic heterocycles. The maximum atomic E-state index is 13.4. The van der Waals surface area contributed by atoms with Crippen LogP contribution in [0.4, 0.5) is 5.82 Å². The first-order chi connectivity index (χ1) is 18.5. The third-order valence-electron chi connectivity index (χ3n) is 7.13. The van der Waals surface area contributed by atoms with E-state index in [1.165, 1.54) is 0 Å². The lowest BCUT2D eigenvalue weighted by atomic mass is 10.1. The molecule has 3 N–H and O–H groups in total. The van der Waals surface area contributed by atoms with Crippen LogP contribution < -0.4 is 5.73 Å². The molecule has 0 aliphatic carbocycles. The number of benzene rings is 2. The van der Waals surface area contributed by atoms with Gasteiger partial charge in [-0.05, 0) is 63.0 Å². The summed E-state index contributed by atoms with van der Waals surface area (Å²) in [7, 11) is 0. The number of fused-ring (bicyclic) bond motifs is 3. The SMILES string of the molecule is CCOCc1nc2c(N)nc3ccccc3c2n1CCCN(Cc1cccc(O)c1)C(=O)CN1CCCC1. The molecule has 1 amide bonds. The van der Waals surface area contributed by atoms with Crippen molar-refractivity contribution in [1.29, 1.82) is 0 Å². The summed E-state index contributed by atoms with van der Waals surface area (Å²) in [5.74, 6) is 1.52. The fourth-order valence-electron chi connectivity index (χ4n) is 5.27. The van der Waals surface area contributed by atoms with Crippen LogP contribution in [0.1, 0.15) is 37.6 Å². The van der Waals surface area contributed by atoms with Gasteiger partial charge in [-0.3, -0.25) is 9.69 Å². The van der Waals surface area contributed by atoms with Crippen molar-refractivity contribution in [3.05, 3.63) is 59.9 Å². The molecule has 0 atom stereocenters. The summed E-state index contributed by atoms with van der Waals surface area (Å²) in [6.07, 6.45) is 3.01. The van der Waals surface area contributed by atoms with E-state index < -0.39 is 0 Å². The van der Waals surface area contributed by atoms with Gasteiger partial charge in [-0.1, -0.05) is 30.3 Å². The molecule has 2 aromatic carbocycles. The molecule has 9 nitrogen and oxygen atoms in total. The van der Waals surface area contributed by atoms with Gasteiger partial charge in [0.05, 0.1) is 17.6 Å². The van der Waals surface area contributed by atoms with Gasteiger partial charge in [0.1, 0.15) is 23.7 Å². The van der Waals surface area contributed by atoms with E-state index in [1.807, 2.05) is 48.2 Å². The molecule has 0 spiro atoms. The lowest BCUT2D eigenvalue weighted by molar-refractivity contribution is -0.132. The largest absolute Gasteiger partial charge is 0.508 e. The number of hydrogen-bond acceptors (Lipinski definition) is 7. The number of anilines is 1. The van der Waals surface area contributed by atoms with Crippen LogP contribution in [0.3, 0.4) is 0 Å². The van der Waals surface area contributed by atoms with Gasteiger partial charge < -0.3 is 25.0 Å². The number of ether oxygens (including phenoxy) is 1. The van der Waals surface area contributed by atoms with Crippen molar-refractivity contribution in [2.75, 3.05) is 38.5 Å². The number of rotatable bonds is 11. The number of aromatic hydroxyl groups is 1. The van der Waals surface area contributed by atoms with Crippen LogP contribution in [0.25, 0.3) is 21.9 Å². The molecular weight excluding hydrogens is 480 g/mol. The smallest absolute Gasteiger partial charge is 0.237 e. The Morgan fingerprint density at radius 3 is 2.74 bits per heavy atom. The van der Waals surface area contributed by atoms with Gasteiger partial charge in [0.15, 0.2) is 5.82 Å². The van der Waals surface area contributed by atoms with Gasteiger partial charge in [-0.25, -0.2) is 9.97 Å². The number of carbonyl (C=O) groups is 1. The molecule has 0 bridgehead atoms. The number of imidazole rings is 1. The number of aromatic nitrogens is 3. The Kier molecular flexibility index (Phi) is 8.05. The highest BCUT2D eigenvalue weighted by Gasteiger charge is 2.21. The molecule has 1 saturated heterocycles. The standard InChI is InChI=1S/C29H36N6O3/c1-2-38-20-25-32-27-28(23-11-3-4-12-24(23)31-29(27)30)35(25)16-8-15-34(18-21-9-7-10-22(36)17-21)26(37)19-33-13-5-6-14-33/h3-4,7,9-12,17,36H,2,5-6,8,13-16,18-20H2,1H3,(H2,30,31). The van der Waals surface area contributed by atoms with Crippen LogP contribution in [0, 0.1) is 0 Å². The number of nitrogens with zero attached hydrogens (tertiary/aromatic N) is 5. The second-order valence-electron chi connectivity index (χ2n) is 9.85. The number of amides is 1. The molecule has 200 valence electrons. The Balaban J connectivity index is 1.40. The Morgan fingerprint density at radius 2 is 1.95 bits per heavy atom. The predicted octanol–water partition coefficient (Wildman–Crippen LogP) is 3.92. The zero-order valence-corrected chi connectivity index (χ0v) is 22.0. The van der Waals surface area contributed by atoms with Crippen molar-refractivity contribution in [3.63, 3.8) is 0 Å². The molecule has 38 heavy (non-hydrogen) atoms. The molecule has 1 aliphatic rings. The minimum Gasteiger partial charge on any atom is -0.508 e. The van der Waals surface area contributed by atoms with Gasteiger partial charge in [0.2, 0.25) is 5.91 Å². The number of nitrogen functional groups attached to an aromatic ring is 1. The number of aryl methyl sites for hydroxylation is 1. The molecule has 0 unspecified atom stereocenters. The van der Waals surface area contributed by atoms with E-state index in [0.29, 0.717) is 50.7 Å². The normalized spacial score (nSPS) is 14.0. The fourth-order valence-corrected chi connectivity index (χ4v) is 5.27. The van der Waals surface area contributed by atoms with Gasteiger partial charge >= 0.3 is 0 Å². The van der Waals surface area contributed by atoms with Gasteiger partial charge in [-0.2, -0.15) is 0 Å². The molecule has 4 aromatic rings. The number of hydrogen-bond donors (Lipinski definition) is 2. The average molecular weight is 517 g/mol. The second kappa shape index (κ2) is 11.8. The van der Waals surface area contributed by atoms with E-state index in [-0.39, 0.29) is 11.7 Å². The molecule has 0 radical (unpaired) electrons. The van der Waals surface area contributed by atoms with Crippen molar-refractivity contribution in [1.82, 2.24) is 24.3 Å². The Morgan fingerprint density at radius 1 is 1.13 bits per heavy atom. The highest BCUT2D eigenvalue weighted by Crippen LogP contribution is 2.29. The predicted molar refractivity (Wildman–Crippen MR) is 149 cm³/mol. The summed E-state index contributed by atoms with van der Waals surface area (Å²) >= 11 is 0. The van der Waals surface area contributed by atoms with Crippen LogP contribution in [0.15, 0.2) is 48.5 Å². The maximum Gasteiger partial charge on any atom is 0.237 e. The van der Waals surface area contributed by atoms with E-state index >= 15 is 0 Å². The van der Waals surface area contributed by atoms with E-state index in [0.717, 1.165) is 60.2 Å². The number of phenolic OH excluding ortho intramolecular Hbond substituents is 1. The minimum absolute atomic E-state index is 0.110. The summed E-state index contributed by atoms with van der Waals surface area (Å²) in [5.41, 5.74) is 9.69. The topological polar surface area (TPSA) is 110 Å². The van der Waals surface area contributed by atoms with Gasteiger partial charge in [0.25, 0.3) is 0 Å². The lowest BCUT2D eigenvalue weighted by Crippen LogP contribution is -2.39. The number of nitrogens with two attached hydrogens (primary N) is 1. The first kappa shape index (κ1) is 25.9. The number of carbonyl (C=O) groups excluding carboxylic acids is 1. The minimum atomic E-state index is 0.110. The molecule has 5 rings (SSSR count). The number of para-hydroxylation sites is 1. The number of likely N-dealkylation sites (tertiary alicyclic amines) is 1. The van der Waals surface area contributed by atoms with E-state index in [4.69, 9.17) is 15.5 Å². The van der Waals surface area contributed by atoms with Crippen molar-refractivity contribution in [2.24, 2.45) is 0 Å². The zero-order chi connectivity index (χ0) is 26.5. The number of phenols is 1. The van der Waals surface area contributed by atoms with Crippen LogP contribution in [-0.4, -0.2) is 68.1 Å². The van der Waals surface area contributed by atoms with Gasteiger partial charge in [0, 0.05) is 31.6 Å². The first-order valence-electron chi connectivity index (χ1n) is 13.4. The molecule has 1 fully saturated rings. The van der Waals surface area contributed by atoms with Crippen LogP contribution in [-0.2, 0) is 29.2 Å². The van der Waals surface area contributed by atoms with E-state index in [2.05, 4.69) is 14.5 Å². The third-order valence-corrected chi connectivity index (χ3v) is 7.13. The van der Waals surface area contributed by atoms with Gasteiger partial charge in [-0.15, -0.1) is 0 Å². The van der Waals surface area contributed by atoms with Crippen LogP contribution >= 0.6 is 0 Å². The van der Waals surface area contributed by atoms with Crippen LogP contribution in [0.5, 0.6) is 5.75 Å². The number of pyridine rings is 1. The monoisotopic (exact) mass is 516 g/mol. The third kappa shape index (κ3) is 5.74. The highest BCUT2D eigenvalue weighted by molar-refractivity contribution is 6.06. The first-order valence-corrected chi connectivity index (χ1v) is 13.4. The average Bonchev–Trinajstić information content (AvgIpc) is 3.55. The molecule has 9 heteroatoms. The maximum absolute atomic E-state index is 13.4. The molecule has 2 aromatic heterocycles. The summed E-state index contributed by atoms with van der Waals surface area (Å²) in [6, 6.07) is 15.1. The lowest BCUT2D eigenvalue weighted by Gasteiger charge is -2.26. The summed E-state index contributed by atoms with van der Waals surface area (Å²) in [4.78, 5) is 26.9. The quantitative estimate of drug-likeness (QED) is 0.311. The van der Waals surface area contributed by atoms with E-state index in [1.54, 1.807) is 12.1 Å². The summed E-state index contributed by atoms with van der Waals surface area (Å²) < 4.78 is 7.90. The van der Waals surface area contributed by atoms with Crippen molar-refractivity contribution >= 4 is 33.7 Å². The Labute approximate surface area is 222 Å². The van der Waals surface area contributed by atoms with E-state index in [9.17, 15) is 9.90 Å². The van der Waals surface area contributed by atoms with Crippen LogP contribution in [0.2, 0.25) is 0 Å². The summed E-state index contributed by atoms with van der Waals surface area (Å²) in [6.45, 7) is 6.97. The zero-order valence-electron chi connectivity index (χ0n) is 22.0. The Hall–Kier alpha value is -3.69. The Bertz CT molecular complexity index is 1410. The van der Waals surface area contributed by atoms with Crippen molar-refractivity contribution in [2.45, 2.75) is 45.9 Å². The van der Waals surface area contributed by atoms with Crippen molar-refractivity contribution in [3.8, 4) is 5.75 Å². The molecule has 3 heterocycles. The fraction of sp³-hybridized carbons (Fsp3) is 0.414. The second-order valence-corrected chi connectivity index (χ2v) is 9.85. The highest BCUT2D eigenvalue weighted by atomic mass is 16.5. The molecular formula is C29H36N6O3.